The highest BCUT2D eigenvalue weighted by atomic mass is 32.2. The molecule has 120 valence electrons. The van der Waals surface area contributed by atoms with Crippen molar-refractivity contribution in [2.75, 3.05) is 30.8 Å². The summed E-state index contributed by atoms with van der Waals surface area (Å²) >= 11 is 0. The van der Waals surface area contributed by atoms with Crippen LogP contribution in [0, 0.1) is 0 Å². The van der Waals surface area contributed by atoms with E-state index in [0.717, 1.165) is 18.7 Å². The summed E-state index contributed by atoms with van der Waals surface area (Å²) in [5.74, 6) is 0. The first-order valence-corrected chi connectivity index (χ1v) is 9.34. The molecule has 4 nitrogen and oxygen atoms in total. The molecule has 1 N–H and O–H groups in total. The first-order valence-electron chi connectivity index (χ1n) is 7.45. The van der Waals surface area contributed by atoms with Crippen LogP contribution in [0.1, 0.15) is 33.3 Å². The topological polar surface area (TPSA) is 49.4 Å². The maximum atomic E-state index is 11.6. The third-order valence-electron chi connectivity index (χ3n) is 3.95. The lowest BCUT2D eigenvalue weighted by atomic mass is 10.1. The average molecular weight is 312 g/mol. The fourth-order valence-electron chi connectivity index (χ4n) is 2.05. The fraction of sp³-hybridized carbons (Fsp3) is 0.625. The number of sulfone groups is 1. The zero-order valence-corrected chi connectivity index (χ0v) is 14.6. The summed E-state index contributed by atoms with van der Waals surface area (Å²) in [6.45, 7) is 10.9. The van der Waals surface area contributed by atoms with Crippen molar-refractivity contribution >= 4 is 15.5 Å². The van der Waals surface area contributed by atoms with Crippen LogP contribution in [0.25, 0.3) is 0 Å². The summed E-state index contributed by atoms with van der Waals surface area (Å²) in [6.07, 6.45) is 1.29. The van der Waals surface area contributed by atoms with E-state index in [-0.39, 0.29) is 0 Å². The van der Waals surface area contributed by atoms with Gasteiger partial charge in [-0.3, -0.25) is 0 Å². The summed E-state index contributed by atoms with van der Waals surface area (Å²) in [7, 11) is -3.05. The van der Waals surface area contributed by atoms with Gasteiger partial charge in [-0.15, -0.1) is 0 Å². The number of nitrogens with one attached hydrogen (secondary N) is 1. The highest BCUT2D eigenvalue weighted by molar-refractivity contribution is 7.92. The van der Waals surface area contributed by atoms with Crippen LogP contribution in [0.5, 0.6) is 0 Å². The van der Waals surface area contributed by atoms with Crippen LogP contribution >= 0.6 is 0 Å². The Morgan fingerprint density at radius 2 is 1.62 bits per heavy atom. The second-order valence-corrected chi connectivity index (χ2v) is 8.62. The highest BCUT2D eigenvalue weighted by Gasteiger charge is 2.29. The van der Waals surface area contributed by atoms with E-state index >= 15 is 0 Å². The van der Waals surface area contributed by atoms with Gasteiger partial charge in [0, 0.05) is 38.1 Å². The molecule has 1 aromatic carbocycles. The van der Waals surface area contributed by atoms with Crippen LogP contribution in [-0.2, 0) is 16.4 Å². The van der Waals surface area contributed by atoms with Gasteiger partial charge in [-0.05, 0) is 45.4 Å². The van der Waals surface area contributed by atoms with Gasteiger partial charge in [-0.2, -0.15) is 0 Å². The molecule has 0 bridgehead atoms. The first kappa shape index (κ1) is 18.0. The molecule has 0 fully saturated rings. The van der Waals surface area contributed by atoms with E-state index in [1.807, 2.05) is 0 Å². The van der Waals surface area contributed by atoms with E-state index in [9.17, 15) is 8.42 Å². The van der Waals surface area contributed by atoms with Crippen molar-refractivity contribution in [2.24, 2.45) is 0 Å². The number of rotatable bonds is 8. The molecule has 0 saturated heterocycles. The van der Waals surface area contributed by atoms with E-state index in [2.05, 4.69) is 48.3 Å². The molecular weight excluding hydrogens is 284 g/mol. The van der Waals surface area contributed by atoms with Gasteiger partial charge < -0.3 is 10.2 Å². The van der Waals surface area contributed by atoms with Crippen molar-refractivity contribution < 1.29 is 8.42 Å². The second-order valence-electron chi connectivity index (χ2n) is 5.97. The molecule has 0 aliphatic heterocycles. The number of benzene rings is 1. The van der Waals surface area contributed by atoms with Crippen molar-refractivity contribution in [3.05, 3.63) is 29.8 Å². The Morgan fingerprint density at radius 3 is 2.05 bits per heavy atom. The SMILES string of the molecule is CCN(CC)c1ccc(CNCC(C)(C)S(C)(=O)=O)cc1. The second kappa shape index (κ2) is 7.27. The van der Waals surface area contributed by atoms with Crippen molar-refractivity contribution in [1.82, 2.24) is 5.32 Å². The summed E-state index contributed by atoms with van der Waals surface area (Å²) in [4.78, 5) is 2.30. The first-order chi connectivity index (χ1) is 9.71. The predicted octanol–water partition coefficient (Wildman–Crippen LogP) is 2.45. The maximum Gasteiger partial charge on any atom is 0.153 e. The lowest BCUT2D eigenvalue weighted by Gasteiger charge is -2.23. The molecule has 0 aliphatic rings. The Bertz CT molecular complexity index is 532. The molecule has 0 saturated carbocycles. The third-order valence-corrected chi connectivity index (χ3v) is 6.10. The molecule has 21 heavy (non-hydrogen) atoms. The minimum Gasteiger partial charge on any atom is -0.372 e. The Balaban J connectivity index is 2.58. The minimum absolute atomic E-state index is 0.448. The molecule has 0 amide bonds. The van der Waals surface area contributed by atoms with Crippen molar-refractivity contribution in [3.63, 3.8) is 0 Å². The molecule has 5 heteroatoms. The molecule has 1 rings (SSSR count). The highest BCUT2D eigenvalue weighted by Crippen LogP contribution is 2.16. The van der Waals surface area contributed by atoms with Gasteiger partial charge in [0.15, 0.2) is 9.84 Å². The molecule has 1 aromatic rings. The monoisotopic (exact) mass is 312 g/mol. The van der Waals surface area contributed by atoms with Gasteiger partial charge in [0.2, 0.25) is 0 Å². The summed E-state index contributed by atoms with van der Waals surface area (Å²) in [6, 6.07) is 8.42. The number of hydrogen-bond donors (Lipinski definition) is 1. The zero-order valence-electron chi connectivity index (χ0n) is 13.8. The summed E-state index contributed by atoms with van der Waals surface area (Å²) in [5.41, 5.74) is 2.38. The van der Waals surface area contributed by atoms with E-state index in [4.69, 9.17) is 0 Å². The Morgan fingerprint density at radius 1 is 1.10 bits per heavy atom. The van der Waals surface area contributed by atoms with Crippen LogP contribution in [-0.4, -0.2) is 39.1 Å². The summed E-state index contributed by atoms with van der Waals surface area (Å²) < 4.78 is 22.5. The van der Waals surface area contributed by atoms with Crippen LogP contribution in [0.3, 0.4) is 0 Å². The Kier molecular flexibility index (Phi) is 6.23. The lowest BCUT2D eigenvalue weighted by Crippen LogP contribution is -2.41. The molecule has 0 atom stereocenters. The Labute approximate surface area is 129 Å². The van der Waals surface area contributed by atoms with Crippen LogP contribution in [0.15, 0.2) is 24.3 Å². The van der Waals surface area contributed by atoms with E-state index < -0.39 is 14.6 Å². The van der Waals surface area contributed by atoms with E-state index in [1.54, 1.807) is 13.8 Å². The minimum atomic E-state index is -3.05. The van der Waals surface area contributed by atoms with E-state index in [1.165, 1.54) is 11.9 Å². The van der Waals surface area contributed by atoms with Gasteiger partial charge in [-0.1, -0.05) is 12.1 Å². The van der Waals surface area contributed by atoms with Gasteiger partial charge in [0.1, 0.15) is 0 Å². The van der Waals surface area contributed by atoms with Crippen LogP contribution < -0.4 is 10.2 Å². The van der Waals surface area contributed by atoms with Gasteiger partial charge >= 0.3 is 0 Å². The standard InChI is InChI=1S/C16H28N2O2S/c1-6-18(7-2)15-10-8-14(9-11-15)12-17-13-16(3,4)21(5,19)20/h8-11,17H,6-7,12-13H2,1-5H3. The molecule has 0 aliphatic carbocycles. The van der Waals surface area contributed by atoms with Crippen molar-refractivity contribution in [3.8, 4) is 0 Å². The number of nitrogens with zero attached hydrogens (tertiary/aromatic N) is 1. The average Bonchev–Trinajstić information content (AvgIpc) is 2.40. The molecule has 0 spiro atoms. The normalized spacial score (nSPS) is 12.4. The lowest BCUT2D eigenvalue weighted by molar-refractivity contribution is 0.521. The summed E-state index contributed by atoms with van der Waals surface area (Å²) in [5, 5.41) is 3.23. The quantitative estimate of drug-likeness (QED) is 0.801. The van der Waals surface area contributed by atoms with Crippen LogP contribution in [0.4, 0.5) is 5.69 Å². The number of hydrogen-bond acceptors (Lipinski definition) is 4. The largest absolute Gasteiger partial charge is 0.372 e. The number of anilines is 1. The predicted molar refractivity (Wildman–Crippen MR) is 90.6 cm³/mol. The molecule has 0 heterocycles. The molecule has 0 aromatic heterocycles. The van der Waals surface area contributed by atoms with Gasteiger partial charge in [0.25, 0.3) is 0 Å². The zero-order chi connectivity index (χ0) is 16.1. The smallest absolute Gasteiger partial charge is 0.153 e. The third kappa shape index (κ3) is 5.00. The van der Waals surface area contributed by atoms with Crippen molar-refractivity contribution in [2.45, 2.75) is 39.0 Å². The van der Waals surface area contributed by atoms with Gasteiger partial charge in [-0.25, -0.2) is 8.42 Å². The van der Waals surface area contributed by atoms with Crippen LogP contribution in [0.2, 0.25) is 0 Å². The molecular formula is C16H28N2O2S. The van der Waals surface area contributed by atoms with Crippen molar-refractivity contribution in [1.29, 1.82) is 0 Å². The Hall–Kier alpha value is -1.07. The maximum absolute atomic E-state index is 11.6. The van der Waals surface area contributed by atoms with Gasteiger partial charge in [0.05, 0.1) is 4.75 Å². The molecule has 0 radical (unpaired) electrons. The fourth-order valence-corrected chi connectivity index (χ4v) is 2.42. The van der Waals surface area contributed by atoms with E-state index in [0.29, 0.717) is 13.1 Å². The molecule has 0 unspecified atom stereocenters.